The number of nitro benzene ring substituents is 1. The van der Waals surface area contributed by atoms with Crippen molar-refractivity contribution in [1.82, 2.24) is 0 Å². The predicted octanol–water partition coefficient (Wildman–Crippen LogP) is 1.49. The second kappa shape index (κ2) is 6.44. The molecule has 7 heteroatoms. The number of hydrogen-bond acceptors (Lipinski definition) is 5. The molecule has 1 aromatic rings. The van der Waals surface area contributed by atoms with Crippen LogP contribution < -0.4 is 11.1 Å². The van der Waals surface area contributed by atoms with E-state index in [4.69, 9.17) is 10.5 Å². The summed E-state index contributed by atoms with van der Waals surface area (Å²) in [6, 6.07) is 5.47. The lowest BCUT2D eigenvalue weighted by Gasteiger charge is -2.05. The Labute approximate surface area is 97.7 Å². The van der Waals surface area contributed by atoms with E-state index in [1.54, 1.807) is 0 Å². The molecular weight excluding hydrogens is 226 g/mol. The average Bonchev–Trinajstić information content (AvgIpc) is 2.30. The Kier molecular flexibility index (Phi) is 4.89. The van der Waals surface area contributed by atoms with Gasteiger partial charge in [0.1, 0.15) is 0 Å². The standard InChI is InChI=1S/C10H13N3O4/c11-6-1-7-17-10(14)12-8-2-4-9(5-3-8)13(15)16/h2-5H,1,6-7,11H2,(H,12,14). The third-order valence-electron chi connectivity index (χ3n) is 1.91. The Balaban J connectivity index is 2.46. The van der Waals surface area contributed by atoms with Crippen LogP contribution in [0.1, 0.15) is 6.42 Å². The fourth-order valence-electron chi connectivity index (χ4n) is 1.07. The van der Waals surface area contributed by atoms with Gasteiger partial charge >= 0.3 is 6.09 Å². The van der Waals surface area contributed by atoms with Crippen molar-refractivity contribution in [2.24, 2.45) is 5.73 Å². The van der Waals surface area contributed by atoms with Gasteiger partial charge in [-0.05, 0) is 25.1 Å². The summed E-state index contributed by atoms with van der Waals surface area (Å²) in [5, 5.41) is 12.8. The van der Waals surface area contributed by atoms with Gasteiger partial charge in [0.2, 0.25) is 0 Å². The molecule has 0 aromatic heterocycles. The summed E-state index contributed by atoms with van der Waals surface area (Å²) in [6.45, 7) is 0.695. The lowest BCUT2D eigenvalue weighted by molar-refractivity contribution is -0.384. The summed E-state index contributed by atoms with van der Waals surface area (Å²) in [5.74, 6) is 0. The van der Waals surface area contributed by atoms with Crippen molar-refractivity contribution in [3.63, 3.8) is 0 Å². The molecule has 0 saturated carbocycles. The van der Waals surface area contributed by atoms with Crippen LogP contribution in [0.3, 0.4) is 0 Å². The van der Waals surface area contributed by atoms with E-state index in [2.05, 4.69) is 5.32 Å². The molecule has 0 radical (unpaired) electrons. The highest BCUT2D eigenvalue weighted by molar-refractivity contribution is 5.84. The van der Waals surface area contributed by atoms with Gasteiger partial charge in [-0.3, -0.25) is 15.4 Å². The van der Waals surface area contributed by atoms with E-state index in [1.807, 2.05) is 0 Å². The molecule has 0 bridgehead atoms. The van der Waals surface area contributed by atoms with Gasteiger partial charge in [-0.15, -0.1) is 0 Å². The lowest BCUT2D eigenvalue weighted by atomic mass is 10.3. The molecule has 17 heavy (non-hydrogen) atoms. The topological polar surface area (TPSA) is 107 Å². The molecule has 0 aliphatic carbocycles. The second-order valence-corrected chi connectivity index (χ2v) is 3.21. The number of non-ortho nitro benzene ring substituents is 1. The Hall–Kier alpha value is -2.15. The Morgan fingerprint density at radius 1 is 1.41 bits per heavy atom. The third kappa shape index (κ3) is 4.47. The number of nitrogens with one attached hydrogen (secondary N) is 1. The molecule has 1 amide bonds. The fraction of sp³-hybridized carbons (Fsp3) is 0.300. The summed E-state index contributed by atoms with van der Waals surface area (Å²) < 4.78 is 4.80. The van der Waals surface area contributed by atoms with Crippen LogP contribution in [0.15, 0.2) is 24.3 Å². The monoisotopic (exact) mass is 239 g/mol. The predicted molar refractivity (Wildman–Crippen MR) is 61.7 cm³/mol. The number of rotatable bonds is 5. The molecule has 1 rings (SSSR count). The number of nitrogens with zero attached hydrogens (tertiary/aromatic N) is 1. The first-order valence-electron chi connectivity index (χ1n) is 5.02. The molecule has 0 heterocycles. The second-order valence-electron chi connectivity index (χ2n) is 3.21. The van der Waals surface area contributed by atoms with E-state index in [9.17, 15) is 14.9 Å². The van der Waals surface area contributed by atoms with Gasteiger partial charge in [-0.2, -0.15) is 0 Å². The van der Waals surface area contributed by atoms with Gasteiger partial charge in [0.25, 0.3) is 5.69 Å². The highest BCUT2D eigenvalue weighted by Gasteiger charge is 2.06. The van der Waals surface area contributed by atoms with E-state index < -0.39 is 11.0 Å². The van der Waals surface area contributed by atoms with Crippen molar-refractivity contribution in [3.8, 4) is 0 Å². The zero-order valence-electron chi connectivity index (χ0n) is 9.09. The first kappa shape index (κ1) is 12.9. The number of nitrogens with two attached hydrogens (primary N) is 1. The van der Waals surface area contributed by atoms with Gasteiger partial charge in [0, 0.05) is 17.8 Å². The van der Waals surface area contributed by atoms with Crippen molar-refractivity contribution in [2.75, 3.05) is 18.5 Å². The van der Waals surface area contributed by atoms with Crippen molar-refractivity contribution in [3.05, 3.63) is 34.4 Å². The van der Waals surface area contributed by atoms with Crippen LogP contribution in [0.5, 0.6) is 0 Å². The molecule has 0 atom stereocenters. The number of hydrogen-bond donors (Lipinski definition) is 2. The molecular formula is C10H13N3O4. The molecule has 0 saturated heterocycles. The Bertz CT molecular complexity index is 391. The van der Waals surface area contributed by atoms with Crippen molar-refractivity contribution in [1.29, 1.82) is 0 Å². The maximum atomic E-state index is 11.2. The molecule has 0 aliphatic rings. The Morgan fingerprint density at radius 3 is 2.59 bits per heavy atom. The van der Waals surface area contributed by atoms with Crippen molar-refractivity contribution < 1.29 is 14.5 Å². The zero-order chi connectivity index (χ0) is 12.7. The third-order valence-corrected chi connectivity index (χ3v) is 1.91. The number of anilines is 1. The first-order chi connectivity index (χ1) is 8.13. The van der Waals surface area contributed by atoms with Crippen LogP contribution in [0, 0.1) is 10.1 Å². The highest BCUT2D eigenvalue weighted by atomic mass is 16.6. The summed E-state index contributed by atoms with van der Waals surface area (Å²) in [7, 11) is 0. The Morgan fingerprint density at radius 2 is 2.06 bits per heavy atom. The maximum absolute atomic E-state index is 11.2. The molecule has 7 nitrogen and oxygen atoms in total. The number of nitro groups is 1. The SMILES string of the molecule is NCCCOC(=O)Nc1ccc([N+](=O)[O-])cc1. The minimum absolute atomic E-state index is 0.0351. The lowest BCUT2D eigenvalue weighted by Crippen LogP contribution is -2.15. The van der Waals surface area contributed by atoms with Gasteiger partial charge in [0.05, 0.1) is 11.5 Å². The minimum atomic E-state index is -0.604. The normalized spacial score (nSPS) is 9.71. The number of carbonyl (C=O) groups excluding carboxylic acids is 1. The maximum Gasteiger partial charge on any atom is 0.411 e. The van der Waals surface area contributed by atoms with E-state index >= 15 is 0 Å². The minimum Gasteiger partial charge on any atom is -0.449 e. The highest BCUT2D eigenvalue weighted by Crippen LogP contribution is 2.15. The van der Waals surface area contributed by atoms with Crippen LogP contribution in [-0.4, -0.2) is 24.2 Å². The van der Waals surface area contributed by atoms with Gasteiger partial charge in [-0.25, -0.2) is 4.79 Å². The molecule has 3 N–H and O–H groups in total. The van der Waals surface area contributed by atoms with Crippen LogP contribution in [-0.2, 0) is 4.74 Å². The first-order valence-corrected chi connectivity index (χ1v) is 5.02. The van der Waals surface area contributed by atoms with E-state index in [0.717, 1.165) is 0 Å². The molecule has 0 aliphatic heterocycles. The summed E-state index contributed by atoms with van der Waals surface area (Å²) in [4.78, 5) is 21.1. The largest absolute Gasteiger partial charge is 0.449 e. The average molecular weight is 239 g/mol. The van der Waals surface area contributed by atoms with Crippen LogP contribution >= 0.6 is 0 Å². The van der Waals surface area contributed by atoms with Gasteiger partial charge in [0.15, 0.2) is 0 Å². The molecule has 92 valence electrons. The number of benzene rings is 1. The molecule has 0 unspecified atom stereocenters. The smallest absolute Gasteiger partial charge is 0.411 e. The van der Waals surface area contributed by atoms with Crippen LogP contribution in [0.4, 0.5) is 16.2 Å². The number of amides is 1. The molecule has 0 fully saturated rings. The van der Waals surface area contributed by atoms with E-state index in [0.29, 0.717) is 18.7 Å². The van der Waals surface area contributed by atoms with E-state index in [1.165, 1.54) is 24.3 Å². The fourth-order valence-corrected chi connectivity index (χ4v) is 1.07. The summed E-state index contributed by atoms with van der Waals surface area (Å²) in [5.41, 5.74) is 5.64. The summed E-state index contributed by atoms with van der Waals surface area (Å²) >= 11 is 0. The van der Waals surface area contributed by atoms with Crippen molar-refractivity contribution >= 4 is 17.5 Å². The van der Waals surface area contributed by atoms with Crippen LogP contribution in [0.2, 0.25) is 0 Å². The number of carbonyl (C=O) groups is 1. The zero-order valence-corrected chi connectivity index (χ0v) is 9.09. The molecule has 0 spiro atoms. The van der Waals surface area contributed by atoms with Gasteiger partial charge < -0.3 is 10.5 Å². The van der Waals surface area contributed by atoms with Crippen molar-refractivity contribution in [2.45, 2.75) is 6.42 Å². The van der Waals surface area contributed by atoms with Crippen LogP contribution in [0.25, 0.3) is 0 Å². The van der Waals surface area contributed by atoms with Gasteiger partial charge in [-0.1, -0.05) is 0 Å². The number of ether oxygens (including phenoxy) is 1. The summed E-state index contributed by atoms with van der Waals surface area (Å²) in [6.07, 6.45) is -0.0134. The molecule has 1 aromatic carbocycles. The quantitative estimate of drug-likeness (QED) is 0.459. The van der Waals surface area contributed by atoms with E-state index in [-0.39, 0.29) is 12.3 Å².